The van der Waals surface area contributed by atoms with Crippen LogP contribution in [-0.2, 0) is 0 Å². The lowest BCUT2D eigenvalue weighted by atomic mass is 10.1. The summed E-state index contributed by atoms with van der Waals surface area (Å²) in [4.78, 5) is 36.7. The van der Waals surface area contributed by atoms with Crippen molar-refractivity contribution >= 4 is 39.9 Å². The van der Waals surface area contributed by atoms with Crippen LogP contribution in [0.25, 0.3) is 22.3 Å². The standard InChI is InChI=1S/C25H19ClFN5O3/c26-18-6-9-21-22(15-18)28-23(16-4-7-19(27)8-5-16)29-24(21)30-10-12-31(13-11-30)25(33)17-2-1-3-20(14-17)32(34)35/h1-9,14-15H,10-13H2. The topological polar surface area (TPSA) is 92.5 Å². The van der Waals surface area contributed by atoms with E-state index in [1.54, 1.807) is 35.2 Å². The summed E-state index contributed by atoms with van der Waals surface area (Å²) >= 11 is 6.21. The largest absolute Gasteiger partial charge is 0.352 e. The normalized spacial score (nSPS) is 13.8. The van der Waals surface area contributed by atoms with Gasteiger partial charge in [0, 0.05) is 59.8 Å². The van der Waals surface area contributed by atoms with Crippen LogP contribution in [0.1, 0.15) is 10.4 Å². The molecule has 0 atom stereocenters. The van der Waals surface area contributed by atoms with E-state index in [0.717, 1.165) is 5.39 Å². The van der Waals surface area contributed by atoms with E-state index in [-0.39, 0.29) is 23.0 Å². The van der Waals surface area contributed by atoms with Crippen LogP contribution in [0.5, 0.6) is 0 Å². The van der Waals surface area contributed by atoms with Crippen LogP contribution >= 0.6 is 11.6 Å². The molecule has 4 aromatic rings. The number of aromatic nitrogens is 2. The maximum Gasteiger partial charge on any atom is 0.270 e. The quantitative estimate of drug-likeness (QED) is 0.296. The molecule has 1 aromatic heterocycles. The summed E-state index contributed by atoms with van der Waals surface area (Å²) in [7, 11) is 0. The molecule has 1 fully saturated rings. The Morgan fingerprint density at radius 3 is 2.43 bits per heavy atom. The van der Waals surface area contributed by atoms with Gasteiger partial charge < -0.3 is 9.80 Å². The first-order valence-corrected chi connectivity index (χ1v) is 11.3. The second kappa shape index (κ2) is 9.27. The number of benzene rings is 3. The summed E-state index contributed by atoms with van der Waals surface area (Å²) in [5.74, 6) is 0.556. The highest BCUT2D eigenvalue weighted by molar-refractivity contribution is 6.31. The van der Waals surface area contributed by atoms with E-state index >= 15 is 0 Å². The first kappa shape index (κ1) is 22.7. The number of fused-ring (bicyclic) bond motifs is 1. The molecular weight excluding hydrogens is 473 g/mol. The number of piperazine rings is 1. The van der Waals surface area contributed by atoms with Crippen molar-refractivity contribution in [2.75, 3.05) is 31.1 Å². The monoisotopic (exact) mass is 491 g/mol. The zero-order chi connectivity index (χ0) is 24.5. The molecule has 2 heterocycles. The van der Waals surface area contributed by atoms with Gasteiger partial charge in [-0.15, -0.1) is 0 Å². The molecule has 10 heteroatoms. The van der Waals surface area contributed by atoms with Gasteiger partial charge in [0.15, 0.2) is 5.82 Å². The van der Waals surface area contributed by atoms with E-state index in [1.165, 1.54) is 30.3 Å². The highest BCUT2D eigenvalue weighted by Crippen LogP contribution is 2.30. The maximum absolute atomic E-state index is 13.4. The van der Waals surface area contributed by atoms with Crippen LogP contribution in [0.3, 0.4) is 0 Å². The van der Waals surface area contributed by atoms with Crippen molar-refractivity contribution in [3.05, 3.63) is 93.2 Å². The van der Waals surface area contributed by atoms with Crippen molar-refractivity contribution in [1.82, 2.24) is 14.9 Å². The van der Waals surface area contributed by atoms with E-state index < -0.39 is 4.92 Å². The molecule has 1 saturated heterocycles. The molecule has 0 spiro atoms. The van der Waals surface area contributed by atoms with Crippen LogP contribution in [0.4, 0.5) is 15.9 Å². The molecule has 0 unspecified atom stereocenters. The molecule has 0 saturated carbocycles. The summed E-state index contributed by atoms with van der Waals surface area (Å²) in [6.45, 7) is 1.87. The van der Waals surface area contributed by atoms with Gasteiger partial charge in [-0.2, -0.15) is 0 Å². The van der Waals surface area contributed by atoms with Gasteiger partial charge in [0.2, 0.25) is 0 Å². The Labute approximate surface area is 204 Å². The van der Waals surface area contributed by atoms with Crippen molar-refractivity contribution in [1.29, 1.82) is 0 Å². The fraction of sp³-hybridized carbons (Fsp3) is 0.160. The van der Waals surface area contributed by atoms with Crippen molar-refractivity contribution in [2.24, 2.45) is 0 Å². The lowest BCUT2D eigenvalue weighted by Gasteiger charge is -2.36. The minimum Gasteiger partial charge on any atom is -0.352 e. The number of carbonyl (C=O) groups is 1. The molecule has 0 radical (unpaired) electrons. The van der Waals surface area contributed by atoms with Gasteiger partial charge in [-0.1, -0.05) is 17.7 Å². The molecule has 3 aromatic carbocycles. The fourth-order valence-electron chi connectivity index (χ4n) is 4.11. The molecule has 0 aliphatic carbocycles. The predicted octanol–water partition coefficient (Wildman–Crippen LogP) is 4.96. The summed E-state index contributed by atoms with van der Waals surface area (Å²) in [6.07, 6.45) is 0. The number of rotatable bonds is 4. The molecule has 176 valence electrons. The van der Waals surface area contributed by atoms with E-state index in [0.29, 0.717) is 53.9 Å². The summed E-state index contributed by atoms with van der Waals surface area (Å²) in [5, 5.41) is 12.4. The van der Waals surface area contributed by atoms with Crippen LogP contribution in [0.15, 0.2) is 66.7 Å². The number of halogens is 2. The second-order valence-electron chi connectivity index (χ2n) is 8.13. The van der Waals surface area contributed by atoms with Crippen molar-refractivity contribution in [3.8, 4) is 11.4 Å². The highest BCUT2D eigenvalue weighted by Gasteiger charge is 2.25. The van der Waals surface area contributed by atoms with Crippen LogP contribution in [0, 0.1) is 15.9 Å². The first-order valence-electron chi connectivity index (χ1n) is 10.9. The zero-order valence-corrected chi connectivity index (χ0v) is 19.2. The minimum atomic E-state index is -0.514. The van der Waals surface area contributed by atoms with Crippen molar-refractivity contribution < 1.29 is 14.1 Å². The molecule has 8 nitrogen and oxygen atoms in total. The molecule has 0 N–H and O–H groups in total. The number of non-ortho nitro benzene ring substituents is 1. The van der Waals surface area contributed by atoms with Crippen LogP contribution in [0.2, 0.25) is 5.02 Å². The molecule has 5 rings (SSSR count). The van der Waals surface area contributed by atoms with E-state index in [4.69, 9.17) is 16.6 Å². The average molecular weight is 492 g/mol. The number of anilines is 1. The Hall–Kier alpha value is -4.11. The smallest absolute Gasteiger partial charge is 0.270 e. The van der Waals surface area contributed by atoms with E-state index in [9.17, 15) is 19.3 Å². The summed E-state index contributed by atoms with van der Waals surface area (Å²) in [5.41, 5.74) is 1.51. The Bertz CT molecular complexity index is 1440. The van der Waals surface area contributed by atoms with Crippen LogP contribution < -0.4 is 4.90 Å². The number of nitro groups is 1. The lowest BCUT2D eigenvalue weighted by Crippen LogP contribution is -2.49. The summed E-state index contributed by atoms with van der Waals surface area (Å²) in [6, 6.07) is 17.1. The van der Waals surface area contributed by atoms with Gasteiger partial charge >= 0.3 is 0 Å². The third-order valence-corrected chi connectivity index (χ3v) is 6.15. The molecular formula is C25H19ClFN5O3. The molecule has 0 bridgehead atoms. The maximum atomic E-state index is 13.4. The number of nitrogens with zero attached hydrogens (tertiary/aromatic N) is 5. The SMILES string of the molecule is O=C(c1cccc([N+](=O)[O-])c1)N1CCN(c2nc(-c3ccc(F)cc3)nc3cc(Cl)ccc23)CC1. The van der Waals surface area contributed by atoms with Gasteiger partial charge in [-0.05, 0) is 48.5 Å². The first-order chi connectivity index (χ1) is 16.9. The number of nitro benzene ring substituents is 1. The number of amides is 1. The Balaban J connectivity index is 1.42. The molecule has 1 aliphatic rings. The van der Waals surface area contributed by atoms with Gasteiger partial charge in [0.25, 0.3) is 11.6 Å². The number of carbonyl (C=O) groups excluding carboxylic acids is 1. The van der Waals surface area contributed by atoms with Gasteiger partial charge in [0.1, 0.15) is 11.6 Å². The third-order valence-electron chi connectivity index (χ3n) is 5.91. The summed E-state index contributed by atoms with van der Waals surface area (Å²) < 4.78 is 13.4. The van der Waals surface area contributed by atoms with Gasteiger partial charge in [-0.3, -0.25) is 14.9 Å². The second-order valence-corrected chi connectivity index (χ2v) is 8.56. The van der Waals surface area contributed by atoms with E-state index in [1.807, 2.05) is 6.07 Å². The number of hydrogen-bond donors (Lipinski definition) is 0. The van der Waals surface area contributed by atoms with Crippen molar-refractivity contribution in [2.45, 2.75) is 0 Å². The molecule has 1 aliphatic heterocycles. The van der Waals surface area contributed by atoms with Gasteiger partial charge in [0.05, 0.1) is 10.4 Å². The number of hydrogen-bond acceptors (Lipinski definition) is 6. The van der Waals surface area contributed by atoms with Crippen molar-refractivity contribution in [3.63, 3.8) is 0 Å². The van der Waals surface area contributed by atoms with E-state index in [2.05, 4.69) is 9.88 Å². The Morgan fingerprint density at radius 1 is 0.971 bits per heavy atom. The minimum absolute atomic E-state index is 0.117. The Kier molecular flexibility index (Phi) is 6.00. The third kappa shape index (κ3) is 4.63. The average Bonchev–Trinajstić information content (AvgIpc) is 2.88. The Morgan fingerprint density at radius 2 is 1.71 bits per heavy atom. The van der Waals surface area contributed by atoms with Crippen LogP contribution in [-0.4, -0.2) is 51.9 Å². The molecule has 35 heavy (non-hydrogen) atoms. The van der Waals surface area contributed by atoms with Gasteiger partial charge in [-0.25, -0.2) is 14.4 Å². The predicted molar refractivity (Wildman–Crippen MR) is 131 cm³/mol. The fourth-order valence-corrected chi connectivity index (χ4v) is 4.28. The lowest BCUT2D eigenvalue weighted by molar-refractivity contribution is -0.384. The highest BCUT2D eigenvalue weighted by atomic mass is 35.5. The molecule has 1 amide bonds. The zero-order valence-electron chi connectivity index (χ0n) is 18.4.